The summed E-state index contributed by atoms with van der Waals surface area (Å²) in [6.07, 6.45) is 0. The number of likely N-dealkylation sites (N-methyl/N-ethyl adjacent to an activating group) is 1. The SMILES string of the molecule is CCNc1cc(N(CC)CC(=O)NC(C)C)nc(N)n1. The normalized spacial score (nSPS) is 10.4. The van der Waals surface area contributed by atoms with Crippen molar-refractivity contribution in [1.82, 2.24) is 15.3 Å². The molecule has 0 aliphatic heterocycles. The Bertz CT molecular complexity index is 448. The van der Waals surface area contributed by atoms with Crippen LogP contribution in [0.2, 0.25) is 0 Å². The van der Waals surface area contributed by atoms with Crippen molar-refractivity contribution < 1.29 is 4.79 Å². The summed E-state index contributed by atoms with van der Waals surface area (Å²) >= 11 is 0. The first-order valence-corrected chi connectivity index (χ1v) is 6.89. The first kappa shape index (κ1) is 16.0. The fourth-order valence-corrected chi connectivity index (χ4v) is 1.78. The number of hydrogen-bond donors (Lipinski definition) is 3. The molecule has 0 saturated carbocycles. The van der Waals surface area contributed by atoms with Gasteiger partial charge in [-0.25, -0.2) is 0 Å². The number of carbonyl (C=O) groups excluding carboxylic acids is 1. The number of rotatable bonds is 7. The van der Waals surface area contributed by atoms with E-state index in [1.54, 1.807) is 6.07 Å². The van der Waals surface area contributed by atoms with Crippen molar-refractivity contribution in [2.45, 2.75) is 33.7 Å². The Kier molecular flexibility index (Phi) is 6.02. The number of aromatic nitrogens is 2. The van der Waals surface area contributed by atoms with Crippen LogP contribution >= 0.6 is 0 Å². The second-order valence-electron chi connectivity index (χ2n) is 4.74. The Morgan fingerprint density at radius 1 is 1.40 bits per heavy atom. The average Bonchev–Trinajstić information content (AvgIpc) is 2.34. The van der Waals surface area contributed by atoms with Crippen molar-refractivity contribution in [2.75, 3.05) is 35.6 Å². The monoisotopic (exact) mass is 280 g/mol. The van der Waals surface area contributed by atoms with Gasteiger partial charge < -0.3 is 21.3 Å². The quantitative estimate of drug-likeness (QED) is 0.685. The largest absolute Gasteiger partial charge is 0.370 e. The molecule has 1 amide bonds. The molecule has 0 aromatic carbocycles. The predicted octanol–water partition coefficient (Wildman–Crippen LogP) is 0.842. The van der Waals surface area contributed by atoms with E-state index in [2.05, 4.69) is 20.6 Å². The molecule has 112 valence electrons. The number of carbonyl (C=O) groups is 1. The van der Waals surface area contributed by atoms with Crippen LogP contribution in [0.25, 0.3) is 0 Å². The van der Waals surface area contributed by atoms with E-state index < -0.39 is 0 Å². The van der Waals surface area contributed by atoms with Gasteiger partial charge >= 0.3 is 0 Å². The van der Waals surface area contributed by atoms with Gasteiger partial charge in [0.15, 0.2) is 0 Å². The summed E-state index contributed by atoms with van der Waals surface area (Å²) in [7, 11) is 0. The number of hydrogen-bond acceptors (Lipinski definition) is 6. The molecule has 0 saturated heterocycles. The summed E-state index contributed by atoms with van der Waals surface area (Å²) in [6.45, 7) is 9.46. The predicted molar refractivity (Wildman–Crippen MR) is 81.8 cm³/mol. The fourth-order valence-electron chi connectivity index (χ4n) is 1.78. The van der Waals surface area contributed by atoms with Crippen LogP contribution < -0.4 is 21.3 Å². The molecule has 0 spiro atoms. The maximum atomic E-state index is 11.8. The van der Waals surface area contributed by atoms with Crippen molar-refractivity contribution >= 4 is 23.5 Å². The van der Waals surface area contributed by atoms with Gasteiger partial charge in [0, 0.05) is 25.2 Å². The summed E-state index contributed by atoms with van der Waals surface area (Å²) in [5.74, 6) is 1.47. The number of nitrogens with one attached hydrogen (secondary N) is 2. The van der Waals surface area contributed by atoms with Crippen LogP contribution in [0.3, 0.4) is 0 Å². The Labute approximate surface area is 120 Å². The van der Waals surface area contributed by atoms with E-state index in [0.717, 1.165) is 6.54 Å². The summed E-state index contributed by atoms with van der Waals surface area (Å²) < 4.78 is 0. The molecule has 1 aromatic rings. The maximum Gasteiger partial charge on any atom is 0.239 e. The summed E-state index contributed by atoms with van der Waals surface area (Å²) in [5, 5.41) is 5.96. The van der Waals surface area contributed by atoms with Crippen LogP contribution in [0.1, 0.15) is 27.7 Å². The molecule has 1 aromatic heterocycles. The molecule has 7 nitrogen and oxygen atoms in total. The van der Waals surface area contributed by atoms with Gasteiger partial charge in [0.1, 0.15) is 11.6 Å². The zero-order valence-electron chi connectivity index (χ0n) is 12.6. The first-order valence-electron chi connectivity index (χ1n) is 6.89. The van der Waals surface area contributed by atoms with Crippen LogP contribution in [-0.4, -0.2) is 41.6 Å². The smallest absolute Gasteiger partial charge is 0.239 e. The van der Waals surface area contributed by atoms with Crippen molar-refractivity contribution in [3.63, 3.8) is 0 Å². The molecule has 1 rings (SSSR count). The minimum absolute atomic E-state index is 0.0379. The number of anilines is 3. The Hall–Kier alpha value is -2.05. The number of nitrogen functional groups attached to an aromatic ring is 1. The zero-order valence-corrected chi connectivity index (χ0v) is 12.6. The Balaban J connectivity index is 2.85. The van der Waals surface area contributed by atoms with Crippen molar-refractivity contribution in [3.05, 3.63) is 6.07 Å². The van der Waals surface area contributed by atoms with E-state index in [0.29, 0.717) is 18.2 Å². The third kappa shape index (κ3) is 4.91. The van der Waals surface area contributed by atoms with Crippen molar-refractivity contribution in [3.8, 4) is 0 Å². The molecule has 0 unspecified atom stereocenters. The van der Waals surface area contributed by atoms with Gasteiger partial charge in [0.05, 0.1) is 6.54 Å². The molecular weight excluding hydrogens is 256 g/mol. The summed E-state index contributed by atoms with van der Waals surface area (Å²) in [6, 6.07) is 1.92. The van der Waals surface area contributed by atoms with E-state index in [1.807, 2.05) is 32.6 Å². The van der Waals surface area contributed by atoms with E-state index >= 15 is 0 Å². The highest BCUT2D eigenvalue weighted by molar-refractivity contribution is 5.81. The van der Waals surface area contributed by atoms with Gasteiger partial charge in [-0.1, -0.05) is 0 Å². The van der Waals surface area contributed by atoms with Crippen LogP contribution in [0.4, 0.5) is 17.6 Å². The van der Waals surface area contributed by atoms with E-state index in [1.165, 1.54) is 0 Å². The standard InChI is InChI=1S/C13H24N6O/c1-5-15-10-7-11(18-13(14)17-10)19(6-2)8-12(20)16-9(3)4/h7,9H,5-6,8H2,1-4H3,(H,16,20)(H3,14,15,17,18). The minimum atomic E-state index is -0.0379. The summed E-state index contributed by atoms with van der Waals surface area (Å²) in [5.41, 5.74) is 5.70. The van der Waals surface area contributed by atoms with Gasteiger partial charge in [0.2, 0.25) is 11.9 Å². The molecule has 0 fully saturated rings. The second-order valence-corrected chi connectivity index (χ2v) is 4.74. The lowest BCUT2D eigenvalue weighted by molar-refractivity contribution is -0.120. The molecule has 0 aliphatic rings. The third-order valence-electron chi connectivity index (χ3n) is 2.58. The molecule has 0 bridgehead atoms. The lowest BCUT2D eigenvalue weighted by Gasteiger charge is -2.22. The van der Waals surface area contributed by atoms with Crippen molar-refractivity contribution in [1.29, 1.82) is 0 Å². The minimum Gasteiger partial charge on any atom is -0.370 e. The molecule has 1 heterocycles. The fraction of sp³-hybridized carbons (Fsp3) is 0.615. The lowest BCUT2D eigenvalue weighted by Crippen LogP contribution is -2.40. The van der Waals surface area contributed by atoms with Crippen LogP contribution in [0.5, 0.6) is 0 Å². The van der Waals surface area contributed by atoms with Crippen LogP contribution in [0.15, 0.2) is 6.07 Å². The van der Waals surface area contributed by atoms with Crippen LogP contribution in [-0.2, 0) is 4.79 Å². The number of amides is 1. The highest BCUT2D eigenvalue weighted by atomic mass is 16.2. The van der Waals surface area contributed by atoms with Crippen molar-refractivity contribution in [2.24, 2.45) is 0 Å². The van der Waals surface area contributed by atoms with Gasteiger partial charge in [-0.3, -0.25) is 4.79 Å². The van der Waals surface area contributed by atoms with Gasteiger partial charge in [-0.2, -0.15) is 9.97 Å². The zero-order chi connectivity index (χ0) is 15.1. The molecular formula is C13H24N6O. The average molecular weight is 280 g/mol. The Morgan fingerprint density at radius 3 is 2.65 bits per heavy atom. The second kappa shape index (κ2) is 7.52. The lowest BCUT2D eigenvalue weighted by atomic mass is 10.3. The first-order chi connectivity index (χ1) is 9.46. The molecule has 0 radical (unpaired) electrons. The molecule has 20 heavy (non-hydrogen) atoms. The Morgan fingerprint density at radius 2 is 2.10 bits per heavy atom. The highest BCUT2D eigenvalue weighted by Crippen LogP contribution is 2.16. The highest BCUT2D eigenvalue weighted by Gasteiger charge is 2.13. The molecule has 0 atom stereocenters. The number of nitrogens with two attached hydrogens (primary N) is 1. The van der Waals surface area contributed by atoms with Crippen LogP contribution in [0, 0.1) is 0 Å². The molecule has 4 N–H and O–H groups in total. The molecule has 7 heteroatoms. The van der Waals surface area contributed by atoms with E-state index in [-0.39, 0.29) is 24.4 Å². The van der Waals surface area contributed by atoms with E-state index in [4.69, 9.17) is 5.73 Å². The maximum absolute atomic E-state index is 11.8. The van der Waals surface area contributed by atoms with E-state index in [9.17, 15) is 4.79 Å². The molecule has 0 aliphatic carbocycles. The van der Waals surface area contributed by atoms with Gasteiger partial charge in [-0.15, -0.1) is 0 Å². The third-order valence-corrected chi connectivity index (χ3v) is 2.58. The van der Waals surface area contributed by atoms with Gasteiger partial charge in [-0.05, 0) is 27.7 Å². The topological polar surface area (TPSA) is 96.2 Å². The number of nitrogens with zero attached hydrogens (tertiary/aromatic N) is 3. The van der Waals surface area contributed by atoms with Gasteiger partial charge in [0.25, 0.3) is 0 Å². The summed E-state index contributed by atoms with van der Waals surface area (Å²) in [4.78, 5) is 22.0.